The molecule has 3 aromatic rings. The molecular weight excluding hydrogens is 434 g/mol. The first-order valence-corrected chi connectivity index (χ1v) is 12.0. The van der Waals surface area contributed by atoms with Gasteiger partial charge in [-0.3, -0.25) is 0 Å². The lowest BCUT2D eigenvalue weighted by Gasteiger charge is -2.48. The van der Waals surface area contributed by atoms with Crippen molar-refractivity contribution >= 4 is 16.5 Å². The van der Waals surface area contributed by atoms with E-state index >= 15 is 0 Å². The lowest BCUT2D eigenvalue weighted by molar-refractivity contribution is 0.161. The lowest BCUT2D eigenvalue weighted by Crippen LogP contribution is -2.61. The number of nitrogens with zero attached hydrogens (tertiary/aromatic N) is 4. The molecule has 0 radical (unpaired) electrons. The van der Waals surface area contributed by atoms with Crippen LogP contribution in [0.15, 0.2) is 36.5 Å². The van der Waals surface area contributed by atoms with Crippen molar-refractivity contribution in [2.75, 3.05) is 26.2 Å². The minimum absolute atomic E-state index is 0.0730. The average Bonchev–Trinajstić information content (AvgIpc) is 3.26. The second-order valence-electron chi connectivity index (χ2n) is 9.96. The van der Waals surface area contributed by atoms with E-state index in [0.717, 1.165) is 45.4 Å². The molecule has 0 bridgehead atoms. The van der Waals surface area contributed by atoms with E-state index in [9.17, 15) is 0 Å². The summed E-state index contributed by atoms with van der Waals surface area (Å²) >= 11 is 1.60. The maximum Gasteiger partial charge on any atom is 0.212 e. The molecule has 0 atom stereocenters. The van der Waals surface area contributed by atoms with Crippen molar-refractivity contribution in [1.29, 1.82) is 0 Å². The molecule has 4 rings (SSSR count). The van der Waals surface area contributed by atoms with E-state index in [1.807, 2.05) is 24.3 Å². The molecule has 8 heteroatoms. The van der Waals surface area contributed by atoms with Crippen LogP contribution in [0, 0.1) is 0 Å². The zero-order chi connectivity index (χ0) is 23.8. The van der Waals surface area contributed by atoms with E-state index in [1.54, 1.807) is 31.8 Å². The fraction of sp³-hybridized carbons (Fsp3) is 0.480. The number of nitrogens with one attached hydrogen (secondary N) is 1. The molecule has 1 saturated heterocycles. The molecule has 0 unspecified atom stereocenters. The molecule has 3 heterocycles. The Bertz CT molecular complexity index is 1090. The standard InChI is InChI=1S/C25H33N5O2S/c1-24(2)13-18(14-25(3,4)29-24)30(5)23-28-27-22(33-23)19-10-8-16(12-20(19)31-6)17-9-11-21(32-7)26-15-17/h8-12,15,18,29H,13-14H2,1-7H3. The largest absolute Gasteiger partial charge is 0.496 e. The van der Waals surface area contributed by atoms with E-state index in [2.05, 4.69) is 66.2 Å². The highest BCUT2D eigenvalue weighted by atomic mass is 32.1. The van der Waals surface area contributed by atoms with Gasteiger partial charge in [0.2, 0.25) is 11.0 Å². The number of aromatic nitrogens is 3. The van der Waals surface area contributed by atoms with Crippen LogP contribution in [0.25, 0.3) is 21.7 Å². The molecule has 176 valence electrons. The monoisotopic (exact) mass is 467 g/mol. The normalized spacial score (nSPS) is 17.5. The molecule has 0 amide bonds. The molecule has 0 aliphatic carbocycles. The van der Waals surface area contributed by atoms with E-state index in [4.69, 9.17) is 9.47 Å². The number of rotatable bonds is 6. The number of methoxy groups -OCH3 is 2. The fourth-order valence-corrected chi connectivity index (χ4v) is 5.79. The summed E-state index contributed by atoms with van der Waals surface area (Å²) in [4.78, 5) is 6.59. The highest BCUT2D eigenvalue weighted by Gasteiger charge is 2.39. The summed E-state index contributed by atoms with van der Waals surface area (Å²) in [5, 5.41) is 14.6. The van der Waals surface area contributed by atoms with Crippen molar-refractivity contribution in [2.45, 2.75) is 57.7 Å². The highest BCUT2D eigenvalue weighted by Crippen LogP contribution is 2.39. The summed E-state index contributed by atoms with van der Waals surface area (Å²) in [6.07, 6.45) is 3.90. The van der Waals surface area contributed by atoms with Crippen LogP contribution in [-0.4, -0.2) is 53.6 Å². The van der Waals surface area contributed by atoms with Crippen molar-refractivity contribution in [2.24, 2.45) is 0 Å². The summed E-state index contributed by atoms with van der Waals surface area (Å²) in [7, 11) is 5.42. The minimum Gasteiger partial charge on any atom is -0.496 e. The summed E-state index contributed by atoms with van der Waals surface area (Å²) < 4.78 is 10.9. The quantitative estimate of drug-likeness (QED) is 0.545. The van der Waals surface area contributed by atoms with Gasteiger partial charge in [0.25, 0.3) is 0 Å². The second-order valence-corrected chi connectivity index (χ2v) is 10.9. The molecule has 1 aliphatic heterocycles. The number of piperidine rings is 1. The summed E-state index contributed by atoms with van der Waals surface area (Å²) in [5.41, 5.74) is 3.10. The van der Waals surface area contributed by atoms with Gasteiger partial charge in [0.05, 0.1) is 19.8 Å². The van der Waals surface area contributed by atoms with Crippen LogP contribution in [0.3, 0.4) is 0 Å². The maximum atomic E-state index is 5.72. The van der Waals surface area contributed by atoms with Gasteiger partial charge in [-0.1, -0.05) is 17.4 Å². The van der Waals surface area contributed by atoms with Crippen LogP contribution in [-0.2, 0) is 0 Å². The van der Waals surface area contributed by atoms with Crippen molar-refractivity contribution in [3.63, 3.8) is 0 Å². The Morgan fingerprint density at radius 2 is 1.67 bits per heavy atom. The number of hydrogen-bond acceptors (Lipinski definition) is 8. The molecule has 0 saturated carbocycles. The fourth-order valence-electron chi connectivity index (χ4n) is 4.88. The van der Waals surface area contributed by atoms with Crippen LogP contribution in [0.5, 0.6) is 11.6 Å². The zero-order valence-electron chi connectivity index (χ0n) is 20.5. The summed E-state index contributed by atoms with van der Waals surface area (Å²) in [6, 6.07) is 10.3. The third kappa shape index (κ3) is 5.12. The van der Waals surface area contributed by atoms with Crippen LogP contribution >= 0.6 is 11.3 Å². The number of benzene rings is 1. The number of pyridine rings is 1. The topological polar surface area (TPSA) is 72.4 Å². The third-order valence-electron chi connectivity index (χ3n) is 6.14. The Morgan fingerprint density at radius 3 is 2.27 bits per heavy atom. The predicted octanol–water partition coefficient (Wildman–Crippen LogP) is 5.03. The van der Waals surface area contributed by atoms with Gasteiger partial charge < -0.3 is 19.7 Å². The van der Waals surface area contributed by atoms with Crippen LogP contribution in [0.4, 0.5) is 5.13 Å². The SMILES string of the molecule is COc1ccc(-c2ccc(-c3nnc(N(C)C4CC(C)(C)NC(C)(C)C4)s3)c(OC)c2)cn1. The first-order valence-electron chi connectivity index (χ1n) is 11.2. The first-order chi connectivity index (χ1) is 15.6. The van der Waals surface area contributed by atoms with Gasteiger partial charge in [-0.25, -0.2) is 4.98 Å². The van der Waals surface area contributed by atoms with Crippen molar-refractivity contribution in [1.82, 2.24) is 20.5 Å². The van der Waals surface area contributed by atoms with Gasteiger partial charge >= 0.3 is 0 Å². The molecular formula is C25H33N5O2S. The van der Waals surface area contributed by atoms with Crippen LogP contribution in [0.2, 0.25) is 0 Å². The van der Waals surface area contributed by atoms with Crippen molar-refractivity contribution < 1.29 is 9.47 Å². The van der Waals surface area contributed by atoms with Crippen LogP contribution in [0.1, 0.15) is 40.5 Å². The van der Waals surface area contributed by atoms with E-state index in [0.29, 0.717) is 11.9 Å². The van der Waals surface area contributed by atoms with Gasteiger partial charge in [-0.05, 0) is 64.3 Å². The Balaban J connectivity index is 1.58. The molecule has 2 aromatic heterocycles. The smallest absolute Gasteiger partial charge is 0.212 e. The van der Waals surface area contributed by atoms with Crippen molar-refractivity contribution in [3.8, 4) is 33.3 Å². The Kier molecular flexibility index (Phi) is 6.33. The number of hydrogen-bond donors (Lipinski definition) is 1. The number of anilines is 1. The van der Waals surface area contributed by atoms with Gasteiger partial charge in [-0.15, -0.1) is 10.2 Å². The van der Waals surface area contributed by atoms with Gasteiger partial charge in [0, 0.05) is 42.0 Å². The van der Waals surface area contributed by atoms with Gasteiger partial charge in [-0.2, -0.15) is 0 Å². The first kappa shape index (κ1) is 23.4. The molecule has 33 heavy (non-hydrogen) atoms. The van der Waals surface area contributed by atoms with E-state index in [-0.39, 0.29) is 11.1 Å². The lowest BCUT2D eigenvalue weighted by atomic mass is 9.79. The molecule has 1 aromatic carbocycles. The molecule has 1 N–H and O–H groups in total. The van der Waals surface area contributed by atoms with Gasteiger partial charge in [0.1, 0.15) is 5.75 Å². The molecule has 7 nitrogen and oxygen atoms in total. The Hall–Kier alpha value is -2.71. The van der Waals surface area contributed by atoms with Crippen molar-refractivity contribution in [3.05, 3.63) is 36.5 Å². The van der Waals surface area contributed by atoms with Gasteiger partial charge in [0.15, 0.2) is 5.01 Å². The molecule has 0 spiro atoms. The Morgan fingerprint density at radius 1 is 0.970 bits per heavy atom. The third-order valence-corrected chi connectivity index (χ3v) is 7.19. The minimum atomic E-state index is 0.0730. The second kappa shape index (κ2) is 8.91. The highest BCUT2D eigenvalue weighted by molar-refractivity contribution is 7.18. The molecule has 1 aliphatic rings. The summed E-state index contributed by atoms with van der Waals surface area (Å²) in [5.74, 6) is 1.35. The average molecular weight is 468 g/mol. The Labute approximate surface area is 200 Å². The molecule has 1 fully saturated rings. The van der Waals surface area contributed by atoms with E-state index in [1.165, 1.54) is 0 Å². The summed E-state index contributed by atoms with van der Waals surface area (Å²) in [6.45, 7) is 9.08. The van der Waals surface area contributed by atoms with Crippen LogP contribution < -0.4 is 19.7 Å². The predicted molar refractivity (Wildman–Crippen MR) is 134 cm³/mol. The maximum absolute atomic E-state index is 5.72. The van der Waals surface area contributed by atoms with E-state index < -0.39 is 0 Å². The number of ether oxygens (including phenoxy) is 2. The zero-order valence-corrected chi connectivity index (χ0v) is 21.3.